The van der Waals surface area contributed by atoms with Crippen LogP contribution in [-0.4, -0.2) is 63.4 Å². The number of benzene rings is 2. The highest BCUT2D eigenvalue weighted by Crippen LogP contribution is 2.18. The quantitative estimate of drug-likeness (QED) is 0.651. The van der Waals surface area contributed by atoms with E-state index in [4.69, 9.17) is 0 Å². The second-order valence-electron chi connectivity index (χ2n) is 7.16. The van der Waals surface area contributed by atoms with Crippen molar-refractivity contribution in [1.29, 1.82) is 0 Å². The van der Waals surface area contributed by atoms with E-state index in [2.05, 4.69) is 28.3 Å². The van der Waals surface area contributed by atoms with Gasteiger partial charge in [-0.2, -0.15) is 0 Å². The summed E-state index contributed by atoms with van der Waals surface area (Å²) in [5.41, 5.74) is 1.44. The molecule has 0 radical (unpaired) electrons. The zero-order chi connectivity index (χ0) is 21.6. The van der Waals surface area contributed by atoms with Crippen molar-refractivity contribution in [3.63, 3.8) is 0 Å². The third kappa shape index (κ3) is 5.53. The molecule has 1 aliphatic heterocycles. The van der Waals surface area contributed by atoms with Crippen LogP contribution in [0.25, 0.3) is 0 Å². The third-order valence-electron chi connectivity index (χ3n) is 5.10. The van der Waals surface area contributed by atoms with E-state index in [-0.39, 0.29) is 18.0 Å². The van der Waals surface area contributed by atoms with Gasteiger partial charge >= 0.3 is 0 Å². The largest absolute Gasteiger partial charge is 0.336 e. The van der Waals surface area contributed by atoms with Gasteiger partial charge in [-0.05, 0) is 30.2 Å². The Balaban J connectivity index is 1.61. The average Bonchev–Trinajstić information content (AvgIpc) is 2.77. The molecular weight excluding hydrogens is 405 g/mol. The summed E-state index contributed by atoms with van der Waals surface area (Å²) < 4.78 is 40.9. The van der Waals surface area contributed by atoms with Gasteiger partial charge in [-0.15, -0.1) is 6.58 Å². The molecule has 6 nitrogen and oxygen atoms in total. The number of halogens is 1. The molecule has 0 atom stereocenters. The molecule has 0 spiro atoms. The molecule has 1 amide bonds. The fourth-order valence-electron chi connectivity index (χ4n) is 3.38. The van der Waals surface area contributed by atoms with Crippen LogP contribution in [0.3, 0.4) is 0 Å². The molecule has 0 unspecified atom stereocenters. The lowest BCUT2D eigenvalue weighted by Gasteiger charge is -2.34. The summed E-state index contributed by atoms with van der Waals surface area (Å²) in [5.74, 6) is -1.19. The maximum absolute atomic E-state index is 14.1. The molecule has 1 N–H and O–H groups in total. The van der Waals surface area contributed by atoms with Gasteiger partial charge in [-0.1, -0.05) is 36.4 Å². The highest BCUT2D eigenvalue weighted by atomic mass is 32.2. The lowest BCUT2D eigenvalue weighted by Crippen LogP contribution is -2.49. The van der Waals surface area contributed by atoms with Gasteiger partial charge < -0.3 is 4.90 Å². The van der Waals surface area contributed by atoms with E-state index < -0.39 is 20.7 Å². The number of nitrogens with zero attached hydrogens (tertiary/aromatic N) is 2. The molecule has 1 saturated heterocycles. The summed E-state index contributed by atoms with van der Waals surface area (Å²) in [7, 11) is -4.06. The fraction of sp³-hybridized carbons (Fsp3) is 0.318. The molecule has 1 aliphatic rings. The van der Waals surface area contributed by atoms with Crippen LogP contribution in [-0.2, 0) is 16.4 Å². The van der Waals surface area contributed by atoms with E-state index in [9.17, 15) is 17.6 Å². The molecule has 1 heterocycles. The molecule has 30 heavy (non-hydrogen) atoms. The maximum Gasteiger partial charge on any atom is 0.253 e. The monoisotopic (exact) mass is 431 g/mol. The third-order valence-corrected chi connectivity index (χ3v) is 6.54. The standard InChI is InChI=1S/C22H26FN3O3S/c1-2-11-24-30(28,29)21-17-19(8-9-20(21)23)22(27)26-15-13-25(14-16-26)12-10-18-6-4-3-5-7-18/h2-9,17,24H,1,10-16H2. The van der Waals surface area contributed by atoms with Crippen molar-refractivity contribution in [2.75, 3.05) is 39.3 Å². The Hall–Kier alpha value is -2.55. The molecule has 1 fully saturated rings. The molecule has 160 valence electrons. The second kappa shape index (κ2) is 9.97. The zero-order valence-electron chi connectivity index (χ0n) is 16.8. The van der Waals surface area contributed by atoms with Crippen molar-refractivity contribution >= 4 is 15.9 Å². The molecular formula is C22H26FN3O3S. The van der Waals surface area contributed by atoms with Crippen molar-refractivity contribution in [2.45, 2.75) is 11.3 Å². The molecule has 8 heteroatoms. The molecule has 0 saturated carbocycles. The molecule has 0 aliphatic carbocycles. The number of piperazine rings is 1. The number of carbonyl (C=O) groups excluding carboxylic acids is 1. The van der Waals surface area contributed by atoms with Crippen molar-refractivity contribution < 1.29 is 17.6 Å². The van der Waals surface area contributed by atoms with Gasteiger partial charge in [0.1, 0.15) is 10.7 Å². The topological polar surface area (TPSA) is 69.7 Å². The Bertz CT molecular complexity index is 988. The summed E-state index contributed by atoms with van der Waals surface area (Å²) >= 11 is 0. The van der Waals surface area contributed by atoms with Crippen LogP contribution in [0.5, 0.6) is 0 Å². The van der Waals surface area contributed by atoms with Crippen LogP contribution in [0.1, 0.15) is 15.9 Å². The number of sulfonamides is 1. The first kappa shape index (κ1) is 22.1. The number of hydrogen-bond acceptors (Lipinski definition) is 4. The first-order valence-electron chi connectivity index (χ1n) is 9.86. The molecule has 3 rings (SSSR count). The first-order valence-corrected chi connectivity index (χ1v) is 11.3. The van der Waals surface area contributed by atoms with E-state index in [0.29, 0.717) is 13.1 Å². The van der Waals surface area contributed by atoms with Crippen molar-refractivity contribution in [3.05, 3.63) is 78.1 Å². The second-order valence-corrected chi connectivity index (χ2v) is 8.89. The predicted molar refractivity (Wildman–Crippen MR) is 114 cm³/mol. The number of rotatable bonds is 8. The first-order chi connectivity index (χ1) is 14.4. The van der Waals surface area contributed by atoms with E-state index >= 15 is 0 Å². The Morgan fingerprint density at radius 3 is 2.47 bits per heavy atom. The smallest absolute Gasteiger partial charge is 0.253 e. The van der Waals surface area contributed by atoms with Crippen molar-refractivity contribution in [3.8, 4) is 0 Å². The number of nitrogens with one attached hydrogen (secondary N) is 1. The van der Waals surface area contributed by atoms with Crippen molar-refractivity contribution in [1.82, 2.24) is 14.5 Å². The minimum Gasteiger partial charge on any atom is -0.336 e. The Morgan fingerprint density at radius 2 is 1.80 bits per heavy atom. The van der Waals surface area contributed by atoms with E-state index in [1.165, 1.54) is 17.7 Å². The van der Waals surface area contributed by atoms with Gasteiger partial charge in [0.25, 0.3) is 5.91 Å². The summed E-state index contributed by atoms with van der Waals surface area (Å²) in [6.07, 6.45) is 2.31. The Morgan fingerprint density at radius 1 is 1.10 bits per heavy atom. The van der Waals surface area contributed by atoms with Gasteiger partial charge in [0.2, 0.25) is 10.0 Å². The van der Waals surface area contributed by atoms with Crippen LogP contribution in [0.2, 0.25) is 0 Å². The number of carbonyl (C=O) groups is 1. The van der Waals surface area contributed by atoms with E-state index in [1.54, 1.807) is 4.90 Å². The lowest BCUT2D eigenvalue weighted by molar-refractivity contribution is 0.0638. The van der Waals surface area contributed by atoms with Crippen molar-refractivity contribution in [2.24, 2.45) is 0 Å². The molecule has 0 aromatic heterocycles. The lowest BCUT2D eigenvalue weighted by atomic mass is 10.1. The van der Waals surface area contributed by atoms with E-state index in [1.807, 2.05) is 18.2 Å². The van der Waals surface area contributed by atoms with Crippen LogP contribution in [0, 0.1) is 5.82 Å². The summed E-state index contributed by atoms with van der Waals surface area (Å²) in [5, 5.41) is 0. The highest BCUT2D eigenvalue weighted by Gasteiger charge is 2.25. The zero-order valence-corrected chi connectivity index (χ0v) is 17.6. The van der Waals surface area contributed by atoms with Gasteiger partial charge in [-0.3, -0.25) is 9.69 Å². The summed E-state index contributed by atoms with van der Waals surface area (Å²) in [6.45, 7) is 6.90. The minimum absolute atomic E-state index is 0.0229. The van der Waals surface area contributed by atoms with Crippen LogP contribution >= 0.6 is 0 Å². The normalized spacial score (nSPS) is 15.2. The van der Waals surface area contributed by atoms with Crippen LogP contribution < -0.4 is 4.72 Å². The number of hydrogen-bond donors (Lipinski definition) is 1. The van der Waals surface area contributed by atoms with Crippen LogP contribution in [0.15, 0.2) is 66.1 Å². The van der Waals surface area contributed by atoms with Crippen LogP contribution in [0.4, 0.5) is 4.39 Å². The van der Waals surface area contributed by atoms with E-state index in [0.717, 1.165) is 38.2 Å². The minimum atomic E-state index is -4.06. The van der Waals surface area contributed by atoms with Gasteiger partial charge in [0.15, 0.2) is 0 Å². The highest BCUT2D eigenvalue weighted by molar-refractivity contribution is 7.89. The molecule has 0 bridgehead atoms. The number of amides is 1. The Labute approximate surface area is 177 Å². The van der Waals surface area contributed by atoms with Gasteiger partial charge in [0, 0.05) is 44.8 Å². The summed E-state index contributed by atoms with van der Waals surface area (Å²) in [4.78, 5) is 16.3. The molecule has 2 aromatic carbocycles. The average molecular weight is 432 g/mol. The maximum atomic E-state index is 14.1. The SMILES string of the molecule is C=CCNS(=O)(=O)c1cc(C(=O)N2CCN(CCc3ccccc3)CC2)ccc1F. The van der Waals surface area contributed by atoms with Gasteiger partial charge in [-0.25, -0.2) is 17.5 Å². The molecule has 2 aromatic rings. The Kier molecular flexibility index (Phi) is 7.36. The predicted octanol–water partition coefficient (Wildman–Crippen LogP) is 2.29. The van der Waals surface area contributed by atoms with Gasteiger partial charge in [0.05, 0.1) is 0 Å². The fourth-order valence-corrected chi connectivity index (χ4v) is 4.48. The summed E-state index contributed by atoms with van der Waals surface area (Å²) in [6, 6.07) is 13.7.